The van der Waals surface area contributed by atoms with Gasteiger partial charge in [-0.15, -0.1) is 0 Å². The summed E-state index contributed by atoms with van der Waals surface area (Å²) < 4.78 is 5.87. The second-order valence-electron chi connectivity index (χ2n) is 8.03. The highest BCUT2D eigenvalue weighted by Gasteiger charge is 2.21. The van der Waals surface area contributed by atoms with E-state index in [2.05, 4.69) is 10.6 Å². The Balaban J connectivity index is 1.73. The van der Waals surface area contributed by atoms with Crippen LogP contribution in [-0.2, 0) is 9.53 Å². The molecule has 5 nitrogen and oxygen atoms in total. The predicted molar refractivity (Wildman–Crippen MR) is 104 cm³/mol. The molecule has 1 aliphatic rings. The molecule has 5 heteroatoms. The van der Waals surface area contributed by atoms with Crippen molar-refractivity contribution in [2.24, 2.45) is 5.41 Å². The summed E-state index contributed by atoms with van der Waals surface area (Å²) in [5.74, 6) is -0.204. The second-order valence-corrected chi connectivity index (χ2v) is 8.03. The van der Waals surface area contributed by atoms with Gasteiger partial charge in [0.15, 0.2) is 0 Å². The van der Waals surface area contributed by atoms with Crippen LogP contribution in [0.1, 0.15) is 69.7 Å². The number of ether oxygens (including phenoxy) is 1. The van der Waals surface area contributed by atoms with Crippen LogP contribution >= 0.6 is 0 Å². The Morgan fingerprint density at radius 1 is 1.15 bits per heavy atom. The lowest BCUT2D eigenvalue weighted by molar-refractivity contribution is -0.123. The van der Waals surface area contributed by atoms with Gasteiger partial charge >= 0.3 is 0 Å². The molecule has 0 atom stereocenters. The van der Waals surface area contributed by atoms with Gasteiger partial charge in [-0.1, -0.05) is 46.1 Å². The highest BCUT2D eigenvalue weighted by atomic mass is 16.5. The molecule has 144 valence electrons. The zero-order chi connectivity index (χ0) is 19.0. The lowest BCUT2D eigenvalue weighted by Gasteiger charge is -2.21. The molecular formula is C21H32N2O3. The van der Waals surface area contributed by atoms with E-state index in [-0.39, 0.29) is 11.8 Å². The van der Waals surface area contributed by atoms with Crippen LogP contribution in [0.5, 0.6) is 0 Å². The summed E-state index contributed by atoms with van der Waals surface area (Å²) in [6, 6.07) is 7.02. The molecule has 2 N–H and O–H groups in total. The number of carbonyl (C=O) groups is 2. The molecule has 0 unspecified atom stereocenters. The molecule has 1 saturated carbocycles. The Labute approximate surface area is 156 Å². The number of hydrogen-bond donors (Lipinski definition) is 2. The SMILES string of the molecule is CC(C)(C)C(=O)Nc1cccc(C(=O)NCCCOC2CCCCC2)c1. The summed E-state index contributed by atoms with van der Waals surface area (Å²) in [5.41, 5.74) is 0.708. The predicted octanol–water partition coefficient (Wildman–Crippen LogP) is 4.14. The lowest BCUT2D eigenvalue weighted by atomic mass is 9.95. The topological polar surface area (TPSA) is 67.4 Å². The molecule has 0 aliphatic heterocycles. The highest BCUT2D eigenvalue weighted by molar-refractivity contribution is 5.98. The lowest BCUT2D eigenvalue weighted by Crippen LogP contribution is -2.28. The van der Waals surface area contributed by atoms with Gasteiger partial charge < -0.3 is 15.4 Å². The summed E-state index contributed by atoms with van der Waals surface area (Å²) in [6.07, 6.45) is 7.40. The van der Waals surface area contributed by atoms with Crippen molar-refractivity contribution >= 4 is 17.5 Å². The number of rotatable bonds is 7. The van der Waals surface area contributed by atoms with E-state index in [0.29, 0.717) is 30.5 Å². The smallest absolute Gasteiger partial charge is 0.251 e. The number of benzene rings is 1. The van der Waals surface area contributed by atoms with E-state index in [1.807, 2.05) is 20.8 Å². The van der Waals surface area contributed by atoms with Gasteiger partial charge in [0.1, 0.15) is 0 Å². The Kier molecular flexibility index (Phi) is 7.64. The maximum atomic E-state index is 12.3. The first-order valence-electron chi connectivity index (χ1n) is 9.67. The van der Waals surface area contributed by atoms with Crippen molar-refractivity contribution < 1.29 is 14.3 Å². The first-order chi connectivity index (χ1) is 12.4. The van der Waals surface area contributed by atoms with Crippen LogP contribution < -0.4 is 10.6 Å². The highest BCUT2D eigenvalue weighted by Crippen LogP contribution is 2.20. The van der Waals surface area contributed by atoms with Gasteiger partial charge in [0.2, 0.25) is 5.91 Å². The van der Waals surface area contributed by atoms with Crippen LogP contribution in [0.3, 0.4) is 0 Å². The Morgan fingerprint density at radius 2 is 1.88 bits per heavy atom. The maximum absolute atomic E-state index is 12.3. The van der Waals surface area contributed by atoms with Crippen LogP contribution in [0.2, 0.25) is 0 Å². The zero-order valence-corrected chi connectivity index (χ0v) is 16.3. The van der Waals surface area contributed by atoms with Crippen molar-refractivity contribution in [1.82, 2.24) is 5.32 Å². The molecule has 0 saturated heterocycles. The van der Waals surface area contributed by atoms with Crippen LogP contribution in [0, 0.1) is 5.41 Å². The van der Waals surface area contributed by atoms with Gasteiger partial charge in [0, 0.05) is 29.8 Å². The van der Waals surface area contributed by atoms with E-state index in [4.69, 9.17) is 4.74 Å². The molecule has 2 rings (SSSR count). The van der Waals surface area contributed by atoms with Crippen molar-refractivity contribution in [3.8, 4) is 0 Å². The van der Waals surface area contributed by atoms with E-state index in [1.165, 1.54) is 32.1 Å². The molecule has 0 aromatic heterocycles. The van der Waals surface area contributed by atoms with Gasteiger partial charge in [-0.05, 0) is 37.5 Å². The molecule has 0 radical (unpaired) electrons. The first kappa shape index (κ1) is 20.4. The molecule has 1 aromatic rings. The molecule has 1 fully saturated rings. The van der Waals surface area contributed by atoms with E-state index < -0.39 is 5.41 Å². The average Bonchev–Trinajstić information content (AvgIpc) is 2.61. The second kappa shape index (κ2) is 9.72. The minimum Gasteiger partial charge on any atom is -0.378 e. The Hall–Kier alpha value is -1.88. The van der Waals surface area contributed by atoms with Crippen molar-refractivity contribution in [1.29, 1.82) is 0 Å². The normalized spacial score (nSPS) is 15.5. The largest absolute Gasteiger partial charge is 0.378 e. The van der Waals surface area contributed by atoms with E-state index in [1.54, 1.807) is 24.3 Å². The summed E-state index contributed by atoms with van der Waals surface area (Å²) in [7, 11) is 0. The third kappa shape index (κ3) is 6.79. The van der Waals surface area contributed by atoms with Crippen molar-refractivity contribution in [3.63, 3.8) is 0 Å². The van der Waals surface area contributed by atoms with Crippen LogP contribution in [-0.4, -0.2) is 31.1 Å². The average molecular weight is 360 g/mol. The fraction of sp³-hybridized carbons (Fsp3) is 0.619. The molecule has 1 aliphatic carbocycles. The van der Waals surface area contributed by atoms with Crippen molar-refractivity contribution in [2.45, 2.75) is 65.4 Å². The maximum Gasteiger partial charge on any atom is 0.251 e. The zero-order valence-electron chi connectivity index (χ0n) is 16.3. The third-order valence-electron chi connectivity index (χ3n) is 4.58. The summed E-state index contributed by atoms with van der Waals surface area (Å²) in [5, 5.41) is 5.77. The number of hydrogen-bond acceptors (Lipinski definition) is 3. The quantitative estimate of drug-likeness (QED) is 0.718. The molecule has 0 bridgehead atoms. The molecule has 26 heavy (non-hydrogen) atoms. The van der Waals surface area contributed by atoms with Gasteiger partial charge in [0.25, 0.3) is 5.91 Å². The van der Waals surface area contributed by atoms with E-state index >= 15 is 0 Å². The van der Waals surface area contributed by atoms with Crippen LogP contribution in [0.25, 0.3) is 0 Å². The van der Waals surface area contributed by atoms with Crippen LogP contribution in [0.15, 0.2) is 24.3 Å². The molecule has 0 heterocycles. The van der Waals surface area contributed by atoms with Crippen LogP contribution in [0.4, 0.5) is 5.69 Å². The molecule has 1 aromatic carbocycles. The minimum atomic E-state index is -0.476. The van der Waals surface area contributed by atoms with E-state index in [0.717, 1.165) is 6.42 Å². The number of anilines is 1. The monoisotopic (exact) mass is 360 g/mol. The summed E-state index contributed by atoms with van der Waals surface area (Å²) in [4.78, 5) is 24.3. The summed E-state index contributed by atoms with van der Waals surface area (Å²) >= 11 is 0. The van der Waals surface area contributed by atoms with Gasteiger partial charge in [-0.25, -0.2) is 0 Å². The Morgan fingerprint density at radius 3 is 2.58 bits per heavy atom. The van der Waals surface area contributed by atoms with E-state index in [9.17, 15) is 9.59 Å². The van der Waals surface area contributed by atoms with Gasteiger partial charge in [0.05, 0.1) is 6.10 Å². The molecular weight excluding hydrogens is 328 g/mol. The minimum absolute atomic E-state index is 0.0741. The fourth-order valence-corrected chi connectivity index (χ4v) is 2.91. The van der Waals surface area contributed by atoms with Crippen molar-refractivity contribution in [3.05, 3.63) is 29.8 Å². The number of nitrogens with one attached hydrogen (secondary N) is 2. The van der Waals surface area contributed by atoms with Gasteiger partial charge in [-0.2, -0.15) is 0 Å². The van der Waals surface area contributed by atoms with Gasteiger partial charge in [-0.3, -0.25) is 9.59 Å². The Bertz CT molecular complexity index is 602. The molecule has 2 amide bonds. The van der Waals surface area contributed by atoms with Crippen molar-refractivity contribution in [2.75, 3.05) is 18.5 Å². The first-order valence-corrected chi connectivity index (χ1v) is 9.67. The fourth-order valence-electron chi connectivity index (χ4n) is 2.91. The molecule has 0 spiro atoms. The standard InChI is InChI=1S/C21H32N2O3/c1-21(2,3)20(25)23-17-10-7-9-16(15-17)19(24)22-13-8-14-26-18-11-5-4-6-12-18/h7,9-10,15,18H,4-6,8,11-14H2,1-3H3,(H,22,24)(H,23,25). The third-order valence-corrected chi connectivity index (χ3v) is 4.58. The number of amides is 2. The number of carbonyl (C=O) groups excluding carboxylic acids is 2. The summed E-state index contributed by atoms with van der Waals surface area (Å²) in [6.45, 7) is 6.84.